The third kappa shape index (κ3) is 3.97. The lowest BCUT2D eigenvalue weighted by molar-refractivity contribution is -0.120. The van der Waals surface area contributed by atoms with Gasteiger partial charge in [-0.1, -0.05) is 0 Å². The van der Waals surface area contributed by atoms with Crippen molar-refractivity contribution >= 4 is 23.3 Å². The van der Waals surface area contributed by atoms with Crippen LogP contribution >= 0.6 is 0 Å². The van der Waals surface area contributed by atoms with E-state index < -0.39 is 5.97 Å². The molecule has 0 spiro atoms. The Morgan fingerprint density at radius 2 is 2.11 bits per heavy atom. The molecule has 0 aliphatic carbocycles. The van der Waals surface area contributed by atoms with Crippen LogP contribution in [-0.2, 0) is 4.79 Å². The molecular weight excluding hydrogens is 234 g/mol. The molecule has 18 heavy (non-hydrogen) atoms. The summed E-state index contributed by atoms with van der Waals surface area (Å²) in [6.07, 6.45) is 0.334. The van der Waals surface area contributed by atoms with Gasteiger partial charge < -0.3 is 21.5 Å². The standard InChI is InChI=1S/C12H17N3O3/c1-2-14-11(16)5-6-15-8-3-4-10(13)9(7-8)12(17)18/h3-4,7,15H,2,5-6,13H2,1H3,(H,14,16)(H,17,18). The van der Waals surface area contributed by atoms with Crippen molar-refractivity contribution in [1.29, 1.82) is 0 Å². The zero-order valence-corrected chi connectivity index (χ0v) is 10.2. The van der Waals surface area contributed by atoms with Gasteiger partial charge in [-0.2, -0.15) is 0 Å². The molecule has 0 unspecified atom stereocenters. The number of anilines is 2. The minimum absolute atomic E-state index is 0.0427. The van der Waals surface area contributed by atoms with E-state index in [0.717, 1.165) is 0 Å². The molecule has 0 saturated carbocycles. The molecule has 0 heterocycles. The number of rotatable bonds is 6. The van der Waals surface area contributed by atoms with Crippen molar-refractivity contribution in [1.82, 2.24) is 5.32 Å². The number of carbonyl (C=O) groups is 2. The molecular formula is C12H17N3O3. The first kappa shape index (κ1) is 13.8. The normalized spacial score (nSPS) is 9.83. The molecule has 1 aromatic carbocycles. The lowest BCUT2D eigenvalue weighted by Crippen LogP contribution is -2.24. The lowest BCUT2D eigenvalue weighted by Gasteiger charge is -2.08. The topological polar surface area (TPSA) is 104 Å². The summed E-state index contributed by atoms with van der Waals surface area (Å²) in [5.74, 6) is -1.11. The molecule has 0 aliphatic rings. The van der Waals surface area contributed by atoms with Crippen molar-refractivity contribution < 1.29 is 14.7 Å². The van der Waals surface area contributed by atoms with Crippen molar-refractivity contribution in [3.63, 3.8) is 0 Å². The summed E-state index contributed by atoms with van der Waals surface area (Å²) in [4.78, 5) is 22.1. The average Bonchev–Trinajstić information content (AvgIpc) is 2.31. The first-order valence-corrected chi connectivity index (χ1v) is 5.68. The van der Waals surface area contributed by atoms with E-state index in [-0.39, 0.29) is 17.2 Å². The first-order valence-electron chi connectivity index (χ1n) is 5.68. The molecule has 1 aromatic rings. The van der Waals surface area contributed by atoms with E-state index in [1.807, 2.05) is 6.92 Å². The zero-order chi connectivity index (χ0) is 13.5. The van der Waals surface area contributed by atoms with Gasteiger partial charge in [-0.25, -0.2) is 4.79 Å². The van der Waals surface area contributed by atoms with E-state index in [2.05, 4.69) is 10.6 Å². The fourth-order valence-corrected chi connectivity index (χ4v) is 1.46. The van der Waals surface area contributed by atoms with Crippen molar-refractivity contribution in [2.24, 2.45) is 0 Å². The van der Waals surface area contributed by atoms with Gasteiger partial charge in [0.15, 0.2) is 0 Å². The van der Waals surface area contributed by atoms with E-state index in [1.54, 1.807) is 6.07 Å². The van der Waals surface area contributed by atoms with Crippen LogP contribution in [0.2, 0.25) is 0 Å². The van der Waals surface area contributed by atoms with Crippen molar-refractivity contribution in [2.45, 2.75) is 13.3 Å². The summed E-state index contributed by atoms with van der Waals surface area (Å²) < 4.78 is 0. The maximum Gasteiger partial charge on any atom is 0.337 e. The summed E-state index contributed by atoms with van der Waals surface area (Å²) >= 11 is 0. The number of amides is 1. The highest BCUT2D eigenvalue weighted by Crippen LogP contribution is 2.17. The highest BCUT2D eigenvalue weighted by molar-refractivity contribution is 5.94. The van der Waals surface area contributed by atoms with Crippen LogP contribution < -0.4 is 16.4 Å². The summed E-state index contributed by atoms with van der Waals surface area (Å²) in [6.45, 7) is 2.89. The average molecular weight is 251 g/mol. The number of nitrogens with two attached hydrogens (primary N) is 1. The Labute approximate surface area is 105 Å². The fraction of sp³-hybridized carbons (Fsp3) is 0.333. The molecule has 0 atom stereocenters. The first-order chi connectivity index (χ1) is 8.54. The maximum absolute atomic E-state index is 11.2. The van der Waals surface area contributed by atoms with Crippen LogP contribution in [0.4, 0.5) is 11.4 Å². The van der Waals surface area contributed by atoms with Crippen molar-refractivity contribution in [3.8, 4) is 0 Å². The number of benzene rings is 1. The van der Waals surface area contributed by atoms with Gasteiger partial charge in [0.2, 0.25) is 5.91 Å². The van der Waals surface area contributed by atoms with E-state index >= 15 is 0 Å². The Hall–Kier alpha value is -2.24. The highest BCUT2D eigenvalue weighted by Gasteiger charge is 2.08. The van der Waals surface area contributed by atoms with Crippen molar-refractivity contribution in [2.75, 3.05) is 24.1 Å². The second-order valence-corrected chi connectivity index (χ2v) is 3.74. The smallest absolute Gasteiger partial charge is 0.337 e. The number of nitrogen functional groups attached to an aromatic ring is 1. The number of carboxylic acids is 1. The van der Waals surface area contributed by atoms with Gasteiger partial charge in [-0.05, 0) is 25.1 Å². The summed E-state index contributed by atoms with van der Waals surface area (Å²) in [5.41, 5.74) is 6.44. The second-order valence-electron chi connectivity index (χ2n) is 3.74. The van der Waals surface area contributed by atoms with Crippen molar-refractivity contribution in [3.05, 3.63) is 23.8 Å². The molecule has 0 bridgehead atoms. The van der Waals surface area contributed by atoms with Gasteiger partial charge >= 0.3 is 5.97 Å². The second kappa shape index (κ2) is 6.48. The summed E-state index contributed by atoms with van der Waals surface area (Å²) in [6, 6.07) is 4.66. The monoisotopic (exact) mass is 251 g/mol. The Balaban J connectivity index is 2.55. The number of hydrogen-bond acceptors (Lipinski definition) is 4. The Bertz CT molecular complexity index is 446. The number of carbonyl (C=O) groups excluding carboxylic acids is 1. The molecule has 6 heteroatoms. The maximum atomic E-state index is 11.2. The minimum atomic E-state index is -1.07. The minimum Gasteiger partial charge on any atom is -0.478 e. The zero-order valence-electron chi connectivity index (χ0n) is 10.2. The fourth-order valence-electron chi connectivity index (χ4n) is 1.46. The Morgan fingerprint density at radius 3 is 2.72 bits per heavy atom. The van der Waals surface area contributed by atoms with Crippen LogP contribution in [-0.4, -0.2) is 30.1 Å². The lowest BCUT2D eigenvalue weighted by atomic mass is 10.1. The van der Waals surface area contributed by atoms with E-state index in [4.69, 9.17) is 10.8 Å². The van der Waals surface area contributed by atoms with Gasteiger partial charge in [0.25, 0.3) is 0 Å². The molecule has 1 rings (SSSR count). The third-order valence-corrected chi connectivity index (χ3v) is 2.34. The van der Waals surface area contributed by atoms with Gasteiger partial charge in [0.1, 0.15) is 0 Å². The van der Waals surface area contributed by atoms with Crippen LogP contribution in [0, 0.1) is 0 Å². The SMILES string of the molecule is CCNC(=O)CCNc1ccc(N)c(C(=O)O)c1. The largest absolute Gasteiger partial charge is 0.478 e. The highest BCUT2D eigenvalue weighted by atomic mass is 16.4. The van der Waals surface area contributed by atoms with E-state index in [9.17, 15) is 9.59 Å². The molecule has 0 aliphatic heterocycles. The van der Waals surface area contributed by atoms with Gasteiger partial charge in [0.05, 0.1) is 5.56 Å². The molecule has 6 nitrogen and oxygen atoms in total. The third-order valence-electron chi connectivity index (χ3n) is 2.34. The van der Waals surface area contributed by atoms with E-state index in [0.29, 0.717) is 25.2 Å². The quantitative estimate of drug-likeness (QED) is 0.562. The Morgan fingerprint density at radius 1 is 1.39 bits per heavy atom. The van der Waals surface area contributed by atoms with Gasteiger partial charge in [-0.15, -0.1) is 0 Å². The molecule has 0 fully saturated rings. The number of carboxylic acid groups (broad SMARTS) is 1. The van der Waals surface area contributed by atoms with Crippen LogP contribution in [0.5, 0.6) is 0 Å². The molecule has 0 radical (unpaired) electrons. The Kier molecular flexibility index (Phi) is 4.98. The van der Waals surface area contributed by atoms with Crippen LogP contribution in [0.1, 0.15) is 23.7 Å². The van der Waals surface area contributed by atoms with E-state index in [1.165, 1.54) is 12.1 Å². The number of nitrogens with one attached hydrogen (secondary N) is 2. The summed E-state index contributed by atoms with van der Waals surface area (Å²) in [5, 5.41) is 14.6. The molecule has 0 saturated heterocycles. The van der Waals surface area contributed by atoms with Gasteiger partial charge in [-0.3, -0.25) is 4.79 Å². The molecule has 1 amide bonds. The predicted octanol–water partition coefficient (Wildman–Crippen LogP) is 0.905. The van der Waals surface area contributed by atoms with Crippen LogP contribution in [0.15, 0.2) is 18.2 Å². The number of hydrogen-bond donors (Lipinski definition) is 4. The molecule has 5 N–H and O–H groups in total. The van der Waals surface area contributed by atoms with Gasteiger partial charge in [0, 0.05) is 30.9 Å². The summed E-state index contributed by atoms with van der Waals surface area (Å²) in [7, 11) is 0. The van der Waals surface area contributed by atoms with Crippen LogP contribution in [0.25, 0.3) is 0 Å². The molecule has 98 valence electrons. The molecule has 0 aromatic heterocycles. The predicted molar refractivity (Wildman–Crippen MR) is 69.6 cm³/mol. The number of aromatic carboxylic acids is 1. The van der Waals surface area contributed by atoms with Crippen LogP contribution in [0.3, 0.4) is 0 Å².